The summed E-state index contributed by atoms with van der Waals surface area (Å²) in [5.41, 5.74) is 0.820. The third-order valence-corrected chi connectivity index (χ3v) is 1.66. The molecular weight excluding hydrogens is 155 g/mol. The van der Waals surface area contributed by atoms with Gasteiger partial charge in [-0.05, 0) is 24.3 Å². The molecule has 60 valence electrons. The second kappa shape index (κ2) is 2.91. The van der Waals surface area contributed by atoms with Crippen LogP contribution in [0, 0.1) is 0 Å². The minimum atomic E-state index is -0.302. The highest BCUT2D eigenvalue weighted by Crippen LogP contribution is 2.20. The van der Waals surface area contributed by atoms with Crippen molar-refractivity contribution in [1.29, 1.82) is 0 Å². The molecule has 0 atom stereocenters. The van der Waals surface area contributed by atoms with Gasteiger partial charge in [0.05, 0.1) is 6.26 Å². The lowest BCUT2D eigenvalue weighted by Crippen LogP contribution is -1.98. The number of hydrogen-bond acceptors (Lipinski definition) is 3. The first-order valence-electron chi connectivity index (χ1n) is 3.61. The van der Waals surface area contributed by atoms with E-state index in [-0.39, 0.29) is 7.69 Å². The van der Waals surface area contributed by atoms with Crippen LogP contribution in [-0.2, 0) is 0 Å². The van der Waals surface area contributed by atoms with Gasteiger partial charge >= 0.3 is 7.69 Å². The van der Waals surface area contributed by atoms with Crippen LogP contribution in [0.25, 0.3) is 11.0 Å². The van der Waals surface area contributed by atoms with Crippen LogP contribution in [0.5, 0.6) is 5.75 Å². The van der Waals surface area contributed by atoms with Crippen LogP contribution >= 0.6 is 0 Å². The van der Waals surface area contributed by atoms with E-state index in [2.05, 4.69) is 0 Å². The summed E-state index contributed by atoms with van der Waals surface area (Å²) < 4.78 is 10.0. The summed E-state index contributed by atoms with van der Waals surface area (Å²) in [6.07, 6.45) is 1.62. The van der Waals surface area contributed by atoms with E-state index in [4.69, 9.17) is 14.1 Å². The molecule has 2 rings (SSSR count). The second-order valence-corrected chi connectivity index (χ2v) is 2.39. The third-order valence-electron chi connectivity index (χ3n) is 1.66. The molecule has 0 saturated carbocycles. The molecule has 1 aromatic carbocycles. The van der Waals surface area contributed by atoms with E-state index >= 15 is 0 Å². The number of hydrogen-bond donors (Lipinski definition) is 1. The van der Waals surface area contributed by atoms with Gasteiger partial charge in [0.2, 0.25) is 0 Å². The number of fused-ring (bicyclic) bond motifs is 1. The zero-order chi connectivity index (χ0) is 8.39. The fourth-order valence-electron chi connectivity index (χ4n) is 1.11. The van der Waals surface area contributed by atoms with E-state index in [1.165, 1.54) is 0 Å². The minimum absolute atomic E-state index is 0.302. The highest BCUT2D eigenvalue weighted by atomic mass is 16.5. The maximum atomic E-state index is 8.50. The summed E-state index contributed by atoms with van der Waals surface area (Å²) in [5.74, 6) is 0.645. The maximum Gasteiger partial charge on any atom is 0.504 e. The summed E-state index contributed by atoms with van der Waals surface area (Å²) in [4.78, 5) is 0. The van der Waals surface area contributed by atoms with Crippen molar-refractivity contribution in [3.8, 4) is 5.75 Å². The van der Waals surface area contributed by atoms with Crippen LogP contribution < -0.4 is 4.65 Å². The fraction of sp³-hybridized carbons (Fsp3) is 0. The highest BCUT2D eigenvalue weighted by Gasteiger charge is 1.98. The van der Waals surface area contributed by atoms with Crippen molar-refractivity contribution in [2.45, 2.75) is 0 Å². The van der Waals surface area contributed by atoms with E-state index in [9.17, 15) is 0 Å². The lowest BCUT2D eigenvalue weighted by Gasteiger charge is -1.99. The largest absolute Gasteiger partial charge is 0.539 e. The third kappa shape index (κ3) is 1.17. The standard InChI is InChI=1S/C8H7BO3/c10-9-12-7-1-2-8-6(5-7)3-4-11-8/h1-5,9-10H. The van der Waals surface area contributed by atoms with Crippen LogP contribution in [0.15, 0.2) is 34.9 Å². The van der Waals surface area contributed by atoms with E-state index in [1.807, 2.05) is 12.1 Å². The zero-order valence-corrected chi connectivity index (χ0v) is 6.36. The number of benzene rings is 1. The molecule has 0 radical (unpaired) electrons. The van der Waals surface area contributed by atoms with E-state index in [0.717, 1.165) is 11.0 Å². The summed E-state index contributed by atoms with van der Waals surface area (Å²) >= 11 is 0. The Morgan fingerprint density at radius 1 is 1.33 bits per heavy atom. The molecule has 1 N–H and O–H groups in total. The van der Waals surface area contributed by atoms with Crippen molar-refractivity contribution in [1.82, 2.24) is 0 Å². The Kier molecular flexibility index (Phi) is 1.76. The minimum Gasteiger partial charge on any atom is -0.539 e. The van der Waals surface area contributed by atoms with Gasteiger partial charge in [-0.15, -0.1) is 0 Å². The molecule has 1 aromatic heterocycles. The molecule has 2 aromatic rings. The van der Waals surface area contributed by atoms with Crippen molar-refractivity contribution < 1.29 is 14.1 Å². The van der Waals surface area contributed by atoms with Crippen molar-refractivity contribution in [3.63, 3.8) is 0 Å². The second-order valence-electron chi connectivity index (χ2n) is 2.39. The fourth-order valence-corrected chi connectivity index (χ4v) is 1.11. The van der Waals surface area contributed by atoms with Gasteiger partial charge in [0.15, 0.2) is 0 Å². The predicted molar refractivity (Wildman–Crippen MR) is 46.2 cm³/mol. The van der Waals surface area contributed by atoms with Gasteiger partial charge in [0.25, 0.3) is 0 Å². The van der Waals surface area contributed by atoms with Gasteiger partial charge < -0.3 is 14.1 Å². The van der Waals surface area contributed by atoms with Gasteiger partial charge in [-0.1, -0.05) is 0 Å². The molecule has 12 heavy (non-hydrogen) atoms. The molecular formula is C8H7BO3. The first-order valence-corrected chi connectivity index (χ1v) is 3.61. The van der Waals surface area contributed by atoms with Gasteiger partial charge in [-0.25, -0.2) is 0 Å². The van der Waals surface area contributed by atoms with Gasteiger partial charge in [-0.2, -0.15) is 0 Å². The lowest BCUT2D eigenvalue weighted by atomic mass is 10.2. The number of furan rings is 1. The van der Waals surface area contributed by atoms with Crippen LogP contribution in [0.1, 0.15) is 0 Å². The Morgan fingerprint density at radius 2 is 2.25 bits per heavy atom. The quantitative estimate of drug-likeness (QED) is 0.671. The van der Waals surface area contributed by atoms with Crippen LogP contribution in [0.4, 0.5) is 0 Å². The Labute approximate surface area is 69.9 Å². The molecule has 0 saturated heterocycles. The Balaban J connectivity index is 2.46. The molecule has 0 unspecified atom stereocenters. The molecule has 1 heterocycles. The van der Waals surface area contributed by atoms with Crippen LogP contribution in [-0.4, -0.2) is 12.7 Å². The lowest BCUT2D eigenvalue weighted by molar-refractivity contribution is 0.454. The zero-order valence-electron chi connectivity index (χ0n) is 6.36. The maximum absolute atomic E-state index is 8.50. The Hall–Kier alpha value is -1.42. The molecule has 0 amide bonds. The smallest absolute Gasteiger partial charge is 0.504 e. The first kappa shape index (κ1) is 7.25. The summed E-state index contributed by atoms with van der Waals surface area (Å²) in [7, 11) is -0.302. The van der Waals surface area contributed by atoms with Crippen LogP contribution in [0.2, 0.25) is 0 Å². The Bertz CT molecular complexity index is 382. The molecule has 0 aliphatic carbocycles. The topological polar surface area (TPSA) is 42.6 Å². The SMILES string of the molecule is OBOc1ccc2occc2c1. The normalized spacial score (nSPS) is 10.1. The predicted octanol–water partition coefficient (Wildman–Crippen LogP) is 1.07. The first-order chi connectivity index (χ1) is 5.90. The van der Waals surface area contributed by atoms with Crippen molar-refractivity contribution >= 4 is 18.7 Å². The van der Waals surface area contributed by atoms with E-state index in [1.54, 1.807) is 18.4 Å². The summed E-state index contributed by atoms with van der Waals surface area (Å²) in [5, 5.41) is 9.47. The Morgan fingerprint density at radius 3 is 3.08 bits per heavy atom. The van der Waals surface area contributed by atoms with Crippen molar-refractivity contribution in [2.75, 3.05) is 0 Å². The molecule has 0 aliphatic heterocycles. The van der Waals surface area contributed by atoms with Crippen molar-refractivity contribution in [2.24, 2.45) is 0 Å². The molecule has 0 fully saturated rings. The van der Waals surface area contributed by atoms with Crippen LogP contribution in [0.3, 0.4) is 0 Å². The molecule has 0 spiro atoms. The average Bonchev–Trinajstić information content (AvgIpc) is 2.51. The highest BCUT2D eigenvalue weighted by molar-refractivity contribution is 6.17. The van der Waals surface area contributed by atoms with Gasteiger partial charge in [-0.3, -0.25) is 0 Å². The van der Waals surface area contributed by atoms with Gasteiger partial charge in [0, 0.05) is 5.39 Å². The molecule has 0 bridgehead atoms. The monoisotopic (exact) mass is 162 g/mol. The van der Waals surface area contributed by atoms with Gasteiger partial charge in [0.1, 0.15) is 11.3 Å². The van der Waals surface area contributed by atoms with Crippen molar-refractivity contribution in [3.05, 3.63) is 30.5 Å². The molecule has 4 heteroatoms. The number of rotatable bonds is 2. The van der Waals surface area contributed by atoms with E-state index in [0.29, 0.717) is 5.75 Å². The molecule has 3 nitrogen and oxygen atoms in total. The summed E-state index contributed by atoms with van der Waals surface area (Å²) in [6.45, 7) is 0. The average molecular weight is 162 g/mol. The van der Waals surface area contributed by atoms with E-state index < -0.39 is 0 Å². The molecule has 0 aliphatic rings. The summed E-state index contributed by atoms with van der Waals surface area (Å²) in [6, 6.07) is 7.22.